The highest BCUT2D eigenvalue weighted by Gasteiger charge is 2.36. The maximum atomic E-state index is 13.1. The number of ether oxygens (including phenoxy) is 1. The number of benzene rings is 2. The van der Waals surface area contributed by atoms with Gasteiger partial charge in [-0.2, -0.15) is 4.98 Å². The summed E-state index contributed by atoms with van der Waals surface area (Å²) in [6.07, 6.45) is 0.980. The quantitative estimate of drug-likeness (QED) is 0.316. The topological polar surface area (TPSA) is 111 Å². The summed E-state index contributed by atoms with van der Waals surface area (Å²) < 4.78 is 6.19. The molecule has 0 spiro atoms. The van der Waals surface area contributed by atoms with Crippen LogP contribution in [0.5, 0.6) is 5.88 Å². The Morgan fingerprint density at radius 1 is 1.29 bits per heavy atom. The zero-order chi connectivity index (χ0) is 22.1. The standard InChI is InChI=1S/C20H16ClN5O4S/c1-3-16(27)25-14-7-5-4-6-12(14)17-18(22-20(31-2)24-23-17)30-19(25)11-8-9-13(21)15(10-11)26(28)29/h4-10,19H,3H2,1-2H3/t19-/m1/s1. The van der Waals surface area contributed by atoms with Crippen molar-refractivity contribution in [3.63, 3.8) is 0 Å². The number of anilines is 1. The molecule has 2 heterocycles. The Morgan fingerprint density at radius 2 is 2.06 bits per heavy atom. The van der Waals surface area contributed by atoms with Gasteiger partial charge in [-0.15, -0.1) is 10.2 Å². The first-order valence-corrected chi connectivity index (χ1v) is 10.9. The summed E-state index contributed by atoms with van der Waals surface area (Å²) in [5, 5.41) is 20.2. The van der Waals surface area contributed by atoms with E-state index < -0.39 is 11.2 Å². The van der Waals surface area contributed by atoms with Crippen molar-refractivity contribution in [3.8, 4) is 17.1 Å². The lowest BCUT2D eigenvalue weighted by atomic mass is 10.1. The number of hydrogen-bond donors (Lipinski definition) is 0. The fraction of sp³-hybridized carbons (Fsp3) is 0.200. The molecule has 2 aromatic carbocycles. The lowest BCUT2D eigenvalue weighted by molar-refractivity contribution is -0.384. The van der Waals surface area contributed by atoms with Gasteiger partial charge in [0.1, 0.15) is 5.02 Å². The van der Waals surface area contributed by atoms with E-state index >= 15 is 0 Å². The molecule has 0 unspecified atom stereocenters. The van der Waals surface area contributed by atoms with Crippen molar-refractivity contribution in [2.75, 3.05) is 11.2 Å². The first-order chi connectivity index (χ1) is 14.9. The van der Waals surface area contributed by atoms with E-state index in [-0.39, 0.29) is 28.9 Å². The molecule has 0 bridgehead atoms. The number of carbonyl (C=O) groups excluding carboxylic acids is 1. The normalized spacial score (nSPS) is 14.8. The maximum absolute atomic E-state index is 13.1. The largest absolute Gasteiger partial charge is 0.447 e. The van der Waals surface area contributed by atoms with Crippen molar-refractivity contribution in [1.29, 1.82) is 0 Å². The highest BCUT2D eigenvalue weighted by molar-refractivity contribution is 7.98. The van der Waals surface area contributed by atoms with Gasteiger partial charge in [-0.05, 0) is 18.4 Å². The van der Waals surface area contributed by atoms with Gasteiger partial charge < -0.3 is 4.74 Å². The number of thioether (sulfide) groups is 1. The highest BCUT2D eigenvalue weighted by Crippen LogP contribution is 2.44. The van der Waals surface area contributed by atoms with Crippen molar-refractivity contribution in [1.82, 2.24) is 15.2 Å². The van der Waals surface area contributed by atoms with E-state index in [0.29, 0.717) is 27.7 Å². The molecule has 158 valence electrons. The minimum Gasteiger partial charge on any atom is -0.447 e. The number of hydrogen-bond acceptors (Lipinski definition) is 8. The second-order valence-electron chi connectivity index (χ2n) is 6.52. The summed E-state index contributed by atoms with van der Waals surface area (Å²) in [5.74, 6) is -0.0540. The van der Waals surface area contributed by atoms with Crippen molar-refractivity contribution < 1.29 is 14.5 Å². The number of nitro benzene ring substituents is 1. The van der Waals surface area contributed by atoms with Crippen LogP contribution in [0.3, 0.4) is 0 Å². The van der Waals surface area contributed by atoms with Gasteiger partial charge in [0.2, 0.25) is 23.2 Å². The summed E-state index contributed by atoms with van der Waals surface area (Å²) in [4.78, 5) is 29.8. The van der Waals surface area contributed by atoms with Gasteiger partial charge in [-0.3, -0.25) is 19.8 Å². The summed E-state index contributed by atoms with van der Waals surface area (Å²) in [6.45, 7) is 1.73. The number of amides is 1. The van der Waals surface area contributed by atoms with Crippen LogP contribution in [-0.2, 0) is 4.79 Å². The molecule has 31 heavy (non-hydrogen) atoms. The van der Waals surface area contributed by atoms with Gasteiger partial charge in [0.15, 0.2) is 5.69 Å². The Morgan fingerprint density at radius 3 is 2.77 bits per heavy atom. The van der Waals surface area contributed by atoms with Crippen molar-refractivity contribution in [3.05, 3.63) is 63.2 Å². The average molecular weight is 458 g/mol. The number of rotatable bonds is 4. The summed E-state index contributed by atoms with van der Waals surface area (Å²) in [5.41, 5.74) is 1.65. The number of para-hydroxylation sites is 1. The molecule has 0 radical (unpaired) electrons. The predicted octanol–water partition coefficient (Wildman–Crippen LogP) is 4.66. The van der Waals surface area contributed by atoms with Crippen molar-refractivity contribution in [2.45, 2.75) is 24.7 Å². The number of aromatic nitrogens is 3. The van der Waals surface area contributed by atoms with Crippen LogP contribution < -0.4 is 9.64 Å². The molecule has 0 aliphatic carbocycles. The Balaban J connectivity index is 1.98. The highest BCUT2D eigenvalue weighted by atomic mass is 35.5. The van der Waals surface area contributed by atoms with E-state index in [1.54, 1.807) is 37.4 Å². The molecule has 0 saturated carbocycles. The van der Waals surface area contributed by atoms with Gasteiger partial charge in [-0.25, -0.2) is 0 Å². The van der Waals surface area contributed by atoms with Gasteiger partial charge >= 0.3 is 0 Å². The molecule has 0 saturated heterocycles. The summed E-state index contributed by atoms with van der Waals surface area (Å²) >= 11 is 7.29. The van der Waals surface area contributed by atoms with Crippen LogP contribution in [0.15, 0.2) is 47.6 Å². The molecular weight excluding hydrogens is 442 g/mol. The molecule has 3 aromatic rings. The Bertz CT molecular complexity index is 1190. The number of nitro groups is 1. The molecule has 9 nitrogen and oxygen atoms in total. The third kappa shape index (κ3) is 3.79. The Hall–Kier alpha value is -3.24. The molecule has 0 fully saturated rings. The first-order valence-electron chi connectivity index (χ1n) is 9.25. The van der Waals surface area contributed by atoms with Crippen molar-refractivity contribution >= 4 is 40.6 Å². The van der Waals surface area contributed by atoms with Crippen LogP contribution in [0.25, 0.3) is 11.3 Å². The fourth-order valence-corrected chi connectivity index (χ4v) is 3.76. The van der Waals surface area contributed by atoms with Crippen LogP contribution >= 0.6 is 23.4 Å². The molecule has 11 heteroatoms. The predicted molar refractivity (Wildman–Crippen MR) is 116 cm³/mol. The summed E-state index contributed by atoms with van der Waals surface area (Å²) in [7, 11) is 0. The smallest absolute Gasteiger partial charge is 0.288 e. The first kappa shape index (κ1) is 21.0. The molecule has 1 atom stereocenters. The monoisotopic (exact) mass is 457 g/mol. The Kier molecular flexibility index (Phi) is 5.75. The molecule has 1 aliphatic rings. The molecule has 1 aliphatic heterocycles. The lowest BCUT2D eigenvalue weighted by Crippen LogP contribution is -2.37. The number of fused-ring (bicyclic) bond motifs is 3. The third-order valence-corrected chi connectivity index (χ3v) is 5.58. The van der Waals surface area contributed by atoms with E-state index in [1.165, 1.54) is 28.8 Å². The second kappa shape index (κ2) is 8.48. The van der Waals surface area contributed by atoms with Crippen LogP contribution in [0, 0.1) is 10.1 Å². The molecule has 1 amide bonds. The third-order valence-electron chi connectivity index (χ3n) is 4.72. The number of nitrogens with zero attached hydrogens (tertiary/aromatic N) is 5. The molecule has 1 aromatic heterocycles. The van der Waals surface area contributed by atoms with E-state index in [1.807, 2.05) is 6.07 Å². The number of carbonyl (C=O) groups is 1. The molecular formula is C20H16ClN5O4S. The van der Waals surface area contributed by atoms with E-state index in [4.69, 9.17) is 16.3 Å². The van der Waals surface area contributed by atoms with E-state index in [9.17, 15) is 14.9 Å². The fourth-order valence-electron chi connectivity index (χ4n) is 3.28. The van der Waals surface area contributed by atoms with Crippen LogP contribution in [0.1, 0.15) is 25.1 Å². The average Bonchev–Trinajstić information content (AvgIpc) is 2.92. The van der Waals surface area contributed by atoms with Crippen molar-refractivity contribution in [2.24, 2.45) is 0 Å². The van der Waals surface area contributed by atoms with E-state index in [2.05, 4.69) is 15.2 Å². The summed E-state index contributed by atoms with van der Waals surface area (Å²) in [6, 6.07) is 11.5. The van der Waals surface area contributed by atoms with Crippen LogP contribution in [-0.4, -0.2) is 32.3 Å². The lowest BCUT2D eigenvalue weighted by Gasteiger charge is -2.30. The van der Waals surface area contributed by atoms with Gasteiger partial charge in [0, 0.05) is 23.6 Å². The molecule has 0 N–H and O–H groups in total. The van der Waals surface area contributed by atoms with E-state index in [0.717, 1.165) is 0 Å². The Labute approximate surface area is 186 Å². The minimum atomic E-state index is -1.02. The zero-order valence-electron chi connectivity index (χ0n) is 16.5. The second-order valence-corrected chi connectivity index (χ2v) is 7.71. The SMILES string of the molecule is CCC(=O)N1c2ccccc2-c2nnc(SC)nc2O[C@@H]1c1ccc(Cl)c([N+](=O)[O-])c1. The van der Waals surface area contributed by atoms with Gasteiger partial charge in [0.25, 0.3) is 5.69 Å². The molecule has 4 rings (SSSR count). The van der Waals surface area contributed by atoms with Gasteiger partial charge in [-0.1, -0.05) is 54.6 Å². The van der Waals surface area contributed by atoms with Crippen LogP contribution in [0.2, 0.25) is 5.02 Å². The number of halogens is 1. The van der Waals surface area contributed by atoms with Gasteiger partial charge in [0.05, 0.1) is 10.6 Å². The minimum absolute atomic E-state index is 0.00907. The maximum Gasteiger partial charge on any atom is 0.288 e. The van der Waals surface area contributed by atoms with Crippen LogP contribution in [0.4, 0.5) is 11.4 Å². The zero-order valence-corrected chi connectivity index (χ0v) is 18.1.